The zero-order valence-electron chi connectivity index (χ0n) is 28.2. The number of rotatable bonds is 12. The fourth-order valence-corrected chi connectivity index (χ4v) is 6.10. The van der Waals surface area contributed by atoms with E-state index in [0.717, 1.165) is 39.3 Å². The van der Waals surface area contributed by atoms with E-state index in [9.17, 15) is 14.0 Å². The molecule has 49 heavy (non-hydrogen) atoms. The number of carbonyl (C=O) groups excluding carboxylic acids is 2. The molecule has 12 heteroatoms. The maximum absolute atomic E-state index is 15.7. The van der Waals surface area contributed by atoms with Crippen LogP contribution in [-0.2, 0) is 14.3 Å². The van der Waals surface area contributed by atoms with Crippen molar-refractivity contribution in [1.82, 2.24) is 14.4 Å². The Labute approximate surface area is 284 Å². The number of amides is 2. The zero-order valence-corrected chi connectivity index (χ0v) is 28.2. The lowest BCUT2D eigenvalue weighted by atomic mass is 9.89. The van der Waals surface area contributed by atoms with Gasteiger partial charge in [-0.05, 0) is 69.2 Å². The molecule has 0 saturated carbocycles. The highest BCUT2D eigenvalue weighted by molar-refractivity contribution is 6.14. The lowest BCUT2D eigenvalue weighted by Crippen LogP contribution is -2.50. The molecular weight excluding hydrogens is 634 g/mol. The molecule has 1 N–H and O–H groups in total. The number of anilines is 1. The SMILES string of the molecule is COc1cc2c(Oc3ccc([N+]4(C(=O)C(C)(C)C(=O)Nc5ccc(F)cc5C)CC4)cc3F)ccnc2cc1OCCCN1CCOCC1. The molecule has 0 spiro atoms. The fourth-order valence-electron chi connectivity index (χ4n) is 6.10. The van der Waals surface area contributed by atoms with Crippen LogP contribution in [0.1, 0.15) is 25.8 Å². The molecule has 0 unspecified atom stereocenters. The van der Waals surface area contributed by atoms with Crippen molar-refractivity contribution in [3.8, 4) is 23.0 Å². The van der Waals surface area contributed by atoms with Crippen LogP contribution in [0.2, 0.25) is 0 Å². The number of fused-ring (bicyclic) bond motifs is 1. The summed E-state index contributed by atoms with van der Waals surface area (Å²) in [5, 5.41) is 3.36. The molecule has 0 aliphatic carbocycles. The van der Waals surface area contributed by atoms with Gasteiger partial charge in [0.25, 0.3) is 0 Å². The summed E-state index contributed by atoms with van der Waals surface area (Å²) in [5.74, 6) is -0.585. The lowest BCUT2D eigenvalue weighted by molar-refractivity contribution is -0.141. The van der Waals surface area contributed by atoms with Crippen molar-refractivity contribution < 1.29 is 37.3 Å². The van der Waals surface area contributed by atoms with E-state index in [4.69, 9.17) is 18.9 Å². The molecule has 3 heterocycles. The van der Waals surface area contributed by atoms with Gasteiger partial charge in [0.05, 0.1) is 32.4 Å². The Bertz CT molecular complexity index is 1870. The zero-order chi connectivity index (χ0) is 34.8. The fraction of sp³-hybridized carbons (Fsp3) is 0.378. The minimum Gasteiger partial charge on any atom is -0.493 e. The van der Waals surface area contributed by atoms with Gasteiger partial charge in [-0.15, -0.1) is 0 Å². The molecule has 2 saturated heterocycles. The third kappa shape index (κ3) is 7.22. The molecule has 3 aromatic carbocycles. The van der Waals surface area contributed by atoms with Crippen LogP contribution in [0.15, 0.2) is 60.8 Å². The van der Waals surface area contributed by atoms with Gasteiger partial charge in [-0.3, -0.25) is 14.7 Å². The maximum Gasteiger partial charge on any atom is 0.334 e. The predicted molar refractivity (Wildman–Crippen MR) is 182 cm³/mol. The molecule has 0 radical (unpaired) electrons. The van der Waals surface area contributed by atoms with E-state index in [1.807, 2.05) is 0 Å². The first-order chi connectivity index (χ1) is 23.5. The van der Waals surface area contributed by atoms with Crippen molar-refractivity contribution in [2.24, 2.45) is 5.41 Å². The number of hydrogen-bond acceptors (Lipinski definition) is 8. The molecule has 2 aliphatic rings. The van der Waals surface area contributed by atoms with Crippen LogP contribution in [0.25, 0.3) is 10.9 Å². The molecule has 2 amide bonds. The third-order valence-corrected chi connectivity index (χ3v) is 9.20. The minimum absolute atomic E-state index is 0.0325. The maximum atomic E-state index is 15.7. The number of morpholine rings is 1. The Morgan fingerprint density at radius 1 is 0.980 bits per heavy atom. The number of aryl methyl sites for hydroxylation is 1. The second-order valence-corrected chi connectivity index (χ2v) is 13.0. The summed E-state index contributed by atoms with van der Waals surface area (Å²) in [7, 11) is 1.55. The van der Waals surface area contributed by atoms with Gasteiger partial charge in [-0.1, -0.05) is 0 Å². The first kappa shape index (κ1) is 34.2. The number of nitrogens with one attached hydrogen (secondary N) is 1. The number of carbonyl (C=O) groups is 2. The molecule has 0 atom stereocenters. The van der Waals surface area contributed by atoms with E-state index in [2.05, 4.69) is 15.2 Å². The highest BCUT2D eigenvalue weighted by Gasteiger charge is 2.59. The van der Waals surface area contributed by atoms with E-state index in [0.29, 0.717) is 64.8 Å². The lowest BCUT2D eigenvalue weighted by Gasteiger charge is -2.27. The third-order valence-electron chi connectivity index (χ3n) is 9.20. The standard InChI is InChI=1S/C37H40F2N4O6/c1-24-20-25(38)6-8-29(24)41-35(44)37(2,3)36(45)43(15-16-43)26-7-9-32(28(39)21-26)49-31-10-11-40-30-23-34(33(46-4)22-27(30)31)48-17-5-12-42-13-18-47-19-14-42/h6-11,20-23H,5,12-19H2,1-4H3/p+1. The van der Waals surface area contributed by atoms with Crippen molar-refractivity contribution in [3.63, 3.8) is 0 Å². The smallest absolute Gasteiger partial charge is 0.334 e. The quantitative estimate of drug-likeness (QED) is 0.0817. The molecule has 2 fully saturated rings. The van der Waals surface area contributed by atoms with Gasteiger partial charge in [0.2, 0.25) is 5.91 Å². The summed E-state index contributed by atoms with van der Waals surface area (Å²) in [6, 6.07) is 13.6. The van der Waals surface area contributed by atoms with Crippen LogP contribution in [0.4, 0.5) is 20.2 Å². The number of aromatic nitrogens is 1. The van der Waals surface area contributed by atoms with Gasteiger partial charge in [0, 0.05) is 55.1 Å². The van der Waals surface area contributed by atoms with Crippen molar-refractivity contribution in [1.29, 1.82) is 0 Å². The van der Waals surface area contributed by atoms with Crippen molar-refractivity contribution in [2.45, 2.75) is 27.2 Å². The van der Waals surface area contributed by atoms with Gasteiger partial charge >= 0.3 is 5.91 Å². The summed E-state index contributed by atoms with van der Waals surface area (Å²) in [6.07, 6.45) is 2.42. The summed E-state index contributed by atoms with van der Waals surface area (Å²) >= 11 is 0. The number of pyridine rings is 1. The molecule has 6 rings (SSSR count). The Kier molecular flexibility index (Phi) is 9.82. The van der Waals surface area contributed by atoms with Crippen LogP contribution in [0.5, 0.6) is 23.0 Å². The highest BCUT2D eigenvalue weighted by Crippen LogP contribution is 2.42. The summed E-state index contributed by atoms with van der Waals surface area (Å²) in [4.78, 5) is 34.0. The van der Waals surface area contributed by atoms with Crippen molar-refractivity contribution in [2.75, 3.05) is 65.0 Å². The van der Waals surface area contributed by atoms with Crippen LogP contribution < -0.4 is 24.0 Å². The first-order valence-electron chi connectivity index (χ1n) is 16.4. The average molecular weight is 676 g/mol. The molecule has 4 aromatic rings. The number of halogens is 2. The number of benzene rings is 3. The normalized spacial score (nSPS) is 15.9. The van der Waals surface area contributed by atoms with Crippen LogP contribution in [-0.4, -0.2) is 81.4 Å². The largest absolute Gasteiger partial charge is 0.493 e. The first-order valence-corrected chi connectivity index (χ1v) is 16.4. The van der Waals surface area contributed by atoms with Crippen LogP contribution in [0.3, 0.4) is 0 Å². The number of ether oxygens (including phenoxy) is 4. The van der Waals surface area contributed by atoms with Gasteiger partial charge in [0.1, 0.15) is 30.3 Å². The molecule has 0 bridgehead atoms. The Balaban J connectivity index is 1.16. The van der Waals surface area contributed by atoms with E-state index in [1.165, 1.54) is 30.3 Å². The number of nitrogens with zero attached hydrogens (tertiary/aromatic N) is 3. The topological polar surface area (TPSA) is 99.2 Å². The average Bonchev–Trinajstić information content (AvgIpc) is 3.90. The Morgan fingerprint density at radius 2 is 1.76 bits per heavy atom. The minimum atomic E-state index is -1.46. The van der Waals surface area contributed by atoms with Crippen molar-refractivity contribution in [3.05, 3.63) is 78.0 Å². The second kappa shape index (κ2) is 14.1. The van der Waals surface area contributed by atoms with E-state index < -0.39 is 23.0 Å². The number of quaternary nitrogens is 1. The van der Waals surface area contributed by atoms with E-state index in [1.54, 1.807) is 58.3 Å². The second-order valence-electron chi connectivity index (χ2n) is 13.0. The molecule has 258 valence electrons. The predicted octanol–water partition coefficient (Wildman–Crippen LogP) is 6.24. The summed E-state index contributed by atoms with van der Waals surface area (Å²) < 4.78 is 52.2. The highest BCUT2D eigenvalue weighted by atomic mass is 19.1. The summed E-state index contributed by atoms with van der Waals surface area (Å²) in [6.45, 7) is 10.4. The van der Waals surface area contributed by atoms with E-state index >= 15 is 4.39 Å². The van der Waals surface area contributed by atoms with Gasteiger partial charge < -0.3 is 24.3 Å². The van der Waals surface area contributed by atoms with Gasteiger partial charge in [0.15, 0.2) is 28.5 Å². The van der Waals surface area contributed by atoms with Crippen LogP contribution >= 0.6 is 0 Å². The van der Waals surface area contributed by atoms with E-state index in [-0.39, 0.29) is 16.1 Å². The molecule has 2 aliphatic heterocycles. The van der Waals surface area contributed by atoms with Crippen LogP contribution in [0, 0.1) is 24.0 Å². The van der Waals surface area contributed by atoms with Crippen molar-refractivity contribution >= 4 is 34.1 Å². The number of hydrogen-bond donors (Lipinski definition) is 1. The molecule has 1 aromatic heterocycles. The van der Waals surface area contributed by atoms with Gasteiger partial charge in [-0.2, -0.15) is 0 Å². The summed E-state index contributed by atoms with van der Waals surface area (Å²) in [5.41, 5.74) is 0.513. The van der Waals surface area contributed by atoms with Gasteiger partial charge in [-0.25, -0.2) is 18.1 Å². The monoisotopic (exact) mass is 675 g/mol. The number of methoxy groups -OCH3 is 1. The Hall–Kier alpha value is -4.65. The molecular formula is C37H41F2N4O6+. The molecule has 10 nitrogen and oxygen atoms in total. The Morgan fingerprint density at radius 3 is 2.45 bits per heavy atom.